The molecular weight excluding hydrogens is 361 g/mol. The van der Waals surface area contributed by atoms with Gasteiger partial charge >= 0.3 is 0 Å². The summed E-state index contributed by atoms with van der Waals surface area (Å²) in [5.41, 5.74) is 0. The Morgan fingerprint density at radius 3 is 2.44 bits per heavy atom. The van der Waals surface area contributed by atoms with E-state index in [0.29, 0.717) is 18.3 Å². The van der Waals surface area contributed by atoms with Crippen molar-refractivity contribution < 1.29 is 4.21 Å². The van der Waals surface area contributed by atoms with Gasteiger partial charge in [-0.25, -0.2) is 0 Å². The second-order valence-corrected chi connectivity index (χ2v) is 7.67. The van der Waals surface area contributed by atoms with E-state index < -0.39 is 10.8 Å². The Labute approximate surface area is 130 Å². The van der Waals surface area contributed by atoms with Crippen LogP contribution in [0.5, 0.6) is 0 Å². The zero-order valence-corrected chi connectivity index (χ0v) is 14.9. The molecule has 0 heterocycles. The van der Waals surface area contributed by atoms with Gasteiger partial charge in [0.15, 0.2) is 5.96 Å². The molecule has 1 fully saturated rings. The fourth-order valence-electron chi connectivity index (χ4n) is 1.29. The van der Waals surface area contributed by atoms with Crippen LogP contribution in [0.4, 0.5) is 0 Å². The molecular formula is C12H26IN3OS. The molecule has 1 aliphatic carbocycles. The summed E-state index contributed by atoms with van der Waals surface area (Å²) in [4.78, 5) is 4.45. The number of hydrogen-bond acceptors (Lipinski definition) is 2. The fraction of sp³-hybridized carbons (Fsp3) is 0.917. The van der Waals surface area contributed by atoms with E-state index in [0.717, 1.165) is 12.5 Å². The highest BCUT2D eigenvalue weighted by Crippen LogP contribution is 2.18. The molecule has 0 spiro atoms. The van der Waals surface area contributed by atoms with Gasteiger partial charge in [-0.2, -0.15) is 0 Å². The molecule has 0 bridgehead atoms. The van der Waals surface area contributed by atoms with Crippen LogP contribution in [0.25, 0.3) is 0 Å². The highest BCUT2D eigenvalue weighted by molar-refractivity contribution is 14.0. The van der Waals surface area contributed by atoms with Gasteiger partial charge in [0.25, 0.3) is 0 Å². The Morgan fingerprint density at radius 2 is 2.00 bits per heavy atom. The molecule has 1 aliphatic rings. The van der Waals surface area contributed by atoms with Crippen molar-refractivity contribution in [2.75, 3.05) is 18.8 Å². The molecule has 0 aromatic heterocycles. The summed E-state index contributed by atoms with van der Waals surface area (Å²) in [5, 5.41) is 6.55. The summed E-state index contributed by atoms with van der Waals surface area (Å²) in [6, 6.07) is 0.598. The van der Waals surface area contributed by atoms with E-state index in [9.17, 15) is 4.21 Å². The van der Waals surface area contributed by atoms with Gasteiger partial charge in [0.1, 0.15) is 0 Å². The van der Waals surface area contributed by atoms with Crippen LogP contribution in [0.3, 0.4) is 0 Å². The minimum absolute atomic E-state index is 0. The smallest absolute Gasteiger partial charge is 0.191 e. The topological polar surface area (TPSA) is 53.5 Å². The number of rotatable bonds is 5. The Balaban J connectivity index is 0.00000289. The van der Waals surface area contributed by atoms with E-state index in [4.69, 9.17) is 0 Å². The molecule has 0 aliphatic heterocycles. The van der Waals surface area contributed by atoms with Crippen LogP contribution in [0.2, 0.25) is 0 Å². The van der Waals surface area contributed by atoms with Crippen LogP contribution in [0, 0.1) is 0 Å². The Bertz CT molecular complexity index is 298. The first-order chi connectivity index (χ1) is 7.93. The molecule has 6 heteroatoms. The summed E-state index contributed by atoms with van der Waals surface area (Å²) in [7, 11) is -0.817. The van der Waals surface area contributed by atoms with E-state index in [1.807, 2.05) is 20.8 Å². The molecule has 4 nitrogen and oxygen atoms in total. The zero-order chi connectivity index (χ0) is 12.9. The predicted molar refractivity (Wildman–Crippen MR) is 90.3 cm³/mol. The van der Waals surface area contributed by atoms with Gasteiger partial charge in [-0.05, 0) is 40.5 Å². The standard InChI is InChI=1S/C12H25N3OS.HI/c1-5-13-11(15-10-6-7-10)14-8-9-17(16)12(2,3)4;/h10H,5-9H2,1-4H3,(H2,13,14,15);1H. The fourth-order valence-corrected chi connectivity index (χ4v) is 2.16. The first-order valence-corrected chi connectivity index (χ1v) is 7.68. The number of nitrogens with zero attached hydrogens (tertiary/aromatic N) is 1. The number of hydrogen-bond donors (Lipinski definition) is 2. The number of nitrogens with one attached hydrogen (secondary N) is 2. The molecule has 1 rings (SSSR count). The van der Waals surface area contributed by atoms with Crippen LogP contribution in [-0.2, 0) is 10.8 Å². The lowest BCUT2D eigenvalue weighted by Gasteiger charge is -2.17. The summed E-state index contributed by atoms with van der Waals surface area (Å²) in [6.45, 7) is 9.53. The second kappa shape index (κ2) is 8.35. The molecule has 0 radical (unpaired) electrons. The molecule has 0 aromatic rings. The Morgan fingerprint density at radius 1 is 1.39 bits per heavy atom. The van der Waals surface area contributed by atoms with Gasteiger partial charge in [-0.3, -0.25) is 9.20 Å². The maximum atomic E-state index is 11.8. The van der Waals surface area contributed by atoms with Crippen LogP contribution >= 0.6 is 24.0 Å². The first-order valence-electron chi connectivity index (χ1n) is 6.37. The maximum absolute atomic E-state index is 11.8. The third-order valence-corrected chi connectivity index (χ3v) is 4.41. The van der Waals surface area contributed by atoms with Gasteiger partial charge < -0.3 is 10.6 Å². The highest BCUT2D eigenvalue weighted by Gasteiger charge is 2.22. The first kappa shape index (κ1) is 18.1. The monoisotopic (exact) mass is 387 g/mol. The van der Waals surface area contributed by atoms with Crippen LogP contribution < -0.4 is 10.6 Å². The third-order valence-electron chi connectivity index (χ3n) is 2.49. The van der Waals surface area contributed by atoms with E-state index >= 15 is 0 Å². The molecule has 1 atom stereocenters. The largest absolute Gasteiger partial charge is 0.357 e. The summed E-state index contributed by atoms with van der Waals surface area (Å²) < 4.78 is 11.7. The summed E-state index contributed by atoms with van der Waals surface area (Å²) in [6.07, 6.45) is 2.47. The quantitative estimate of drug-likeness (QED) is 0.430. The average Bonchev–Trinajstić information content (AvgIpc) is 3.00. The number of guanidine groups is 1. The molecule has 0 saturated heterocycles. The molecule has 2 N–H and O–H groups in total. The van der Waals surface area contributed by atoms with Crippen molar-refractivity contribution >= 4 is 40.7 Å². The SMILES string of the molecule is CCNC(=NCCS(=O)C(C)(C)C)NC1CC1.I. The van der Waals surface area contributed by atoms with E-state index in [2.05, 4.69) is 22.5 Å². The maximum Gasteiger partial charge on any atom is 0.191 e. The average molecular weight is 387 g/mol. The molecule has 0 aromatic carbocycles. The van der Waals surface area contributed by atoms with Crippen LogP contribution in [0.15, 0.2) is 4.99 Å². The zero-order valence-electron chi connectivity index (χ0n) is 11.8. The van der Waals surface area contributed by atoms with Crippen LogP contribution in [-0.4, -0.2) is 39.8 Å². The Hall–Kier alpha value is 0.150. The molecule has 18 heavy (non-hydrogen) atoms. The van der Waals surface area contributed by atoms with Gasteiger partial charge in [0, 0.05) is 33.9 Å². The van der Waals surface area contributed by atoms with Crippen molar-refractivity contribution in [2.45, 2.75) is 51.3 Å². The summed E-state index contributed by atoms with van der Waals surface area (Å²) >= 11 is 0. The van der Waals surface area contributed by atoms with Gasteiger partial charge in [-0.15, -0.1) is 24.0 Å². The number of aliphatic imine (C=N–C) groups is 1. The molecule has 108 valence electrons. The van der Waals surface area contributed by atoms with Crippen molar-refractivity contribution in [3.63, 3.8) is 0 Å². The third kappa shape index (κ3) is 7.56. The highest BCUT2D eigenvalue weighted by atomic mass is 127. The normalized spacial score (nSPS) is 17.9. The van der Waals surface area contributed by atoms with E-state index in [-0.39, 0.29) is 28.7 Å². The van der Waals surface area contributed by atoms with Crippen molar-refractivity contribution in [3.8, 4) is 0 Å². The minimum atomic E-state index is -0.817. The van der Waals surface area contributed by atoms with E-state index in [1.54, 1.807) is 0 Å². The molecule has 0 amide bonds. The molecule has 1 unspecified atom stereocenters. The van der Waals surface area contributed by atoms with Gasteiger partial charge in [0.05, 0.1) is 6.54 Å². The van der Waals surface area contributed by atoms with Crippen molar-refractivity contribution in [1.29, 1.82) is 0 Å². The van der Waals surface area contributed by atoms with E-state index in [1.165, 1.54) is 12.8 Å². The van der Waals surface area contributed by atoms with Crippen molar-refractivity contribution in [3.05, 3.63) is 0 Å². The Kier molecular flexibility index (Phi) is 8.42. The second-order valence-electron chi connectivity index (χ2n) is 5.34. The van der Waals surface area contributed by atoms with Gasteiger partial charge in [-0.1, -0.05) is 0 Å². The lowest BCUT2D eigenvalue weighted by Crippen LogP contribution is -2.39. The molecule has 1 saturated carbocycles. The van der Waals surface area contributed by atoms with Gasteiger partial charge in [0.2, 0.25) is 0 Å². The van der Waals surface area contributed by atoms with Crippen LogP contribution in [0.1, 0.15) is 40.5 Å². The lowest BCUT2D eigenvalue weighted by atomic mass is 10.3. The van der Waals surface area contributed by atoms with Crippen molar-refractivity contribution in [1.82, 2.24) is 10.6 Å². The lowest BCUT2D eigenvalue weighted by molar-refractivity contribution is 0.648. The van der Waals surface area contributed by atoms with Crippen molar-refractivity contribution in [2.24, 2.45) is 4.99 Å². The minimum Gasteiger partial charge on any atom is -0.357 e. The summed E-state index contributed by atoms with van der Waals surface area (Å²) in [5.74, 6) is 1.49. The predicted octanol–water partition coefficient (Wildman–Crippen LogP) is 1.87. The number of halogens is 1.